The van der Waals surface area contributed by atoms with Crippen LogP contribution in [0.2, 0.25) is 0 Å². The van der Waals surface area contributed by atoms with E-state index in [9.17, 15) is 19.2 Å². The normalized spacial score (nSPS) is 35.1. The maximum atomic E-state index is 13.8. The molecule has 0 radical (unpaired) electrons. The number of rotatable bonds is 8. The van der Waals surface area contributed by atoms with Gasteiger partial charge in [-0.25, -0.2) is 24.8 Å². The van der Waals surface area contributed by atoms with Gasteiger partial charge in [-0.2, -0.15) is 0 Å². The topological polar surface area (TPSA) is 120 Å². The lowest BCUT2D eigenvalue weighted by molar-refractivity contribution is -0.157. The number of hydrogen-bond acceptors (Lipinski definition) is 8. The zero-order chi connectivity index (χ0) is 29.7. The largest absolute Gasteiger partial charge is 0.466 e. The lowest BCUT2D eigenvalue weighted by atomic mass is 9.70. The Kier molecular flexibility index (Phi) is 8.15. The van der Waals surface area contributed by atoms with Gasteiger partial charge in [0.2, 0.25) is 0 Å². The summed E-state index contributed by atoms with van der Waals surface area (Å²) in [5, 5.41) is 0.778. The number of amides is 2. The molecule has 2 amide bonds. The van der Waals surface area contributed by atoms with Crippen LogP contribution in [0.1, 0.15) is 100 Å². The van der Waals surface area contributed by atoms with Crippen molar-refractivity contribution in [1.29, 1.82) is 0 Å². The Balaban J connectivity index is 1.56. The third-order valence-electron chi connectivity index (χ3n) is 11.9. The average molecular weight is 565 g/mol. The van der Waals surface area contributed by atoms with Gasteiger partial charge in [0.05, 0.1) is 19.6 Å². The molecular weight excluding hydrogens is 516 g/mol. The molecule has 0 unspecified atom stereocenters. The fourth-order valence-electron chi connectivity index (χ4n) is 8.20. The molecule has 0 saturated heterocycles. The van der Waals surface area contributed by atoms with Crippen LogP contribution in [0.4, 0.5) is 9.59 Å². The Hall–Kier alpha value is -2.52. The maximum Gasteiger partial charge on any atom is 0.429 e. The standard InChI is InChI=1S/C30H48N2O8/c1-9-37-23(33)17-20(24(34)38-10-2)32(26(36)40-22-16-19-12-14-30(22,8)28(19,5)6)31-25(35)39-21-15-18-11-13-29(21,7)27(18,3)4/h18-22H,9-17H2,1-8H3,(H,31,35)/t18-,19-,20+,21+,22+,29+,30+/m0/s1. The molecule has 0 spiro atoms. The van der Waals surface area contributed by atoms with Crippen LogP contribution in [0.5, 0.6) is 0 Å². The van der Waals surface area contributed by atoms with Gasteiger partial charge in [-0.1, -0.05) is 41.5 Å². The fraction of sp³-hybridized carbons (Fsp3) is 0.867. The highest BCUT2D eigenvalue weighted by molar-refractivity contribution is 5.87. The van der Waals surface area contributed by atoms with Crippen LogP contribution in [0.3, 0.4) is 0 Å². The van der Waals surface area contributed by atoms with Crippen LogP contribution in [-0.2, 0) is 28.5 Å². The van der Waals surface area contributed by atoms with Gasteiger partial charge < -0.3 is 18.9 Å². The van der Waals surface area contributed by atoms with E-state index in [1.165, 1.54) is 0 Å². The number of hydrazine groups is 1. The predicted octanol–water partition coefficient (Wildman–Crippen LogP) is 5.38. The van der Waals surface area contributed by atoms with E-state index in [0.29, 0.717) is 18.3 Å². The molecule has 0 heterocycles. The molecule has 4 saturated carbocycles. The quantitative estimate of drug-likeness (QED) is 0.237. The van der Waals surface area contributed by atoms with Crippen molar-refractivity contribution in [3.63, 3.8) is 0 Å². The second-order valence-electron chi connectivity index (χ2n) is 13.7. The molecule has 10 nitrogen and oxygen atoms in total. The van der Waals surface area contributed by atoms with Crippen LogP contribution < -0.4 is 5.43 Å². The monoisotopic (exact) mass is 564 g/mol. The number of fused-ring (bicyclic) bond motifs is 4. The maximum absolute atomic E-state index is 13.8. The Labute approximate surface area is 238 Å². The van der Waals surface area contributed by atoms with E-state index < -0.39 is 42.7 Å². The highest BCUT2D eigenvalue weighted by atomic mass is 16.6. The van der Waals surface area contributed by atoms with Gasteiger partial charge in [-0.05, 0) is 75.0 Å². The number of hydrogen-bond donors (Lipinski definition) is 1. The minimum atomic E-state index is -1.48. The van der Waals surface area contributed by atoms with E-state index in [4.69, 9.17) is 18.9 Å². The van der Waals surface area contributed by atoms with E-state index in [2.05, 4.69) is 47.0 Å². The molecule has 40 heavy (non-hydrogen) atoms. The first-order chi connectivity index (χ1) is 18.6. The number of ether oxygens (including phenoxy) is 4. The van der Waals surface area contributed by atoms with E-state index in [1.807, 2.05) is 0 Å². The smallest absolute Gasteiger partial charge is 0.429 e. The van der Waals surface area contributed by atoms with Crippen LogP contribution >= 0.6 is 0 Å². The third-order valence-corrected chi connectivity index (χ3v) is 11.9. The van der Waals surface area contributed by atoms with Gasteiger partial charge in [-0.15, -0.1) is 0 Å². The van der Waals surface area contributed by atoms with Crippen molar-refractivity contribution in [2.24, 2.45) is 33.5 Å². The van der Waals surface area contributed by atoms with E-state index in [-0.39, 0.29) is 41.0 Å². The van der Waals surface area contributed by atoms with Gasteiger partial charge >= 0.3 is 24.1 Å². The van der Waals surface area contributed by atoms with Crippen molar-refractivity contribution in [3.8, 4) is 0 Å². The first-order valence-electron chi connectivity index (χ1n) is 14.9. The number of esters is 2. The van der Waals surface area contributed by atoms with Crippen LogP contribution in [0.25, 0.3) is 0 Å². The lowest BCUT2D eigenvalue weighted by Gasteiger charge is -2.40. The van der Waals surface area contributed by atoms with Crippen LogP contribution in [0.15, 0.2) is 0 Å². The molecule has 4 aliphatic rings. The van der Waals surface area contributed by atoms with Crippen molar-refractivity contribution in [3.05, 3.63) is 0 Å². The Bertz CT molecular complexity index is 1030. The highest BCUT2D eigenvalue weighted by Gasteiger charge is 2.64. The number of nitrogens with zero attached hydrogens (tertiary/aromatic N) is 1. The first kappa shape index (κ1) is 30.4. The summed E-state index contributed by atoms with van der Waals surface area (Å²) in [4.78, 5) is 52.6. The van der Waals surface area contributed by atoms with E-state index in [0.717, 1.165) is 37.1 Å². The second-order valence-corrected chi connectivity index (χ2v) is 13.7. The summed E-state index contributed by atoms with van der Waals surface area (Å²) >= 11 is 0. The molecule has 0 aliphatic heterocycles. The summed E-state index contributed by atoms with van der Waals surface area (Å²) in [7, 11) is 0. The average Bonchev–Trinajstić information content (AvgIpc) is 3.38. The number of carbonyl (C=O) groups excluding carboxylic acids is 4. The van der Waals surface area contributed by atoms with Gasteiger partial charge in [-0.3, -0.25) is 4.79 Å². The fourth-order valence-corrected chi connectivity index (χ4v) is 8.20. The number of carbonyl (C=O) groups is 4. The van der Waals surface area contributed by atoms with Gasteiger partial charge in [0.1, 0.15) is 12.2 Å². The van der Waals surface area contributed by atoms with Crippen molar-refractivity contribution in [1.82, 2.24) is 10.4 Å². The third kappa shape index (κ3) is 4.83. The summed E-state index contributed by atoms with van der Waals surface area (Å²) in [6.45, 7) is 16.5. The zero-order valence-corrected chi connectivity index (χ0v) is 25.5. The van der Waals surface area contributed by atoms with Gasteiger partial charge in [0.15, 0.2) is 6.04 Å². The Morgan fingerprint density at radius 1 is 0.800 bits per heavy atom. The van der Waals surface area contributed by atoms with Crippen LogP contribution in [-0.4, -0.2) is 60.6 Å². The molecular formula is C30H48N2O8. The molecule has 4 bridgehead atoms. The van der Waals surface area contributed by atoms with Gasteiger partial charge in [0.25, 0.3) is 0 Å². The summed E-state index contributed by atoms with van der Waals surface area (Å²) in [5.74, 6) is -0.706. The Morgan fingerprint density at radius 3 is 1.73 bits per heavy atom. The lowest BCUT2D eigenvalue weighted by Crippen LogP contribution is -2.58. The molecule has 4 aliphatic carbocycles. The Morgan fingerprint density at radius 2 is 1.30 bits per heavy atom. The summed E-state index contributed by atoms with van der Waals surface area (Å²) in [6.07, 6.45) is 2.42. The molecule has 0 aromatic carbocycles. The van der Waals surface area contributed by atoms with E-state index >= 15 is 0 Å². The SMILES string of the molecule is CCOC(=O)C[C@H](C(=O)OCC)N(NC(=O)O[C@@H]1C[C@@H]2CC[C@@]1(C)C2(C)C)C(=O)O[C@@H]1C[C@@H]2CC[C@@]1(C)C2(C)C. The van der Waals surface area contributed by atoms with Gasteiger partial charge in [0, 0.05) is 10.8 Å². The zero-order valence-electron chi connectivity index (χ0n) is 25.5. The minimum Gasteiger partial charge on any atom is -0.466 e. The second kappa shape index (κ2) is 10.7. The predicted molar refractivity (Wildman–Crippen MR) is 146 cm³/mol. The summed E-state index contributed by atoms with van der Waals surface area (Å²) in [6, 6.07) is -1.48. The molecule has 0 aromatic rings. The molecule has 4 rings (SSSR count). The van der Waals surface area contributed by atoms with Crippen molar-refractivity contribution in [2.45, 2.75) is 119 Å². The molecule has 7 atom stereocenters. The molecule has 0 aromatic heterocycles. The minimum absolute atomic E-state index is 0.0119. The van der Waals surface area contributed by atoms with Crippen molar-refractivity contribution >= 4 is 24.1 Å². The van der Waals surface area contributed by atoms with Crippen molar-refractivity contribution < 1.29 is 38.1 Å². The molecule has 1 N–H and O–H groups in total. The highest BCUT2D eigenvalue weighted by Crippen LogP contribution is 2.67. The summed E-state index contributed by atoms with van der Waals surface area (Å²) < 4.78 is 22.2. The first-order valence-corrected chi connectivity index (χ1v) is 14.9. The summed E-state index contributed by atoms with van der Waals surface area (Å²) in [5.41, 5.74) is 2.02. The molecule has 10 heteroatoms. The number of nitrogens with one attached hydrogen (secondary N) is 1. The van der Waals surface area contributed by atoms with Crippen LogP contribution in [0, 0.1) is 33.5 Å². The van der Waals surface area contributed by atoms with E-state index in [1.54, 1.807) is 13.8 Å². The van der Waals surface area contributed by atoms with Crippen molar-refractivity contribution in [2.75, 3.05) is 13.2 Å². The molecule has 226 valence electrons. The molecule has 4 fully saturated rings.